The number of rotatable bonds is 4. The van der Waals surface area contributed by atoms with Crippen molar-refractivity contribution >= 4 is 49.9 Å². The second kappa shape index (κ2) is 6.76. The van der Waals surface area contributed by atoms with E-state index in [1.807, 2.05) is 31.2 Å². The molecule has 8 heteroatoms. The first-order valence-corrected chi connectivity index (χ1v) is 8.87. The molecule has 6 nitrogen and oxygen atoms in total. The lowest BCUT2D eigenvalue weighted by atomic mass is 10.1. The van der Waals surface area contributed by atoms with Gasteiger partial charge in [-0.25, -0.2) is 0 Å². The fourth-order valence-corrected chi connectivity index (χ4v) is 3.62. The van der Waals surface area contributed by atoms with Gasteiger partial charge in [0.05, 0.1) is 11.6 Å². The maximum atomic E-state index is 12.4. The highest BCUT2D eigenvalue weighted by Gasteiger charge is 2.36. The molecule has 0 unspecified atom stereocenters. The number of aryl methyl sites for hydroxylation is 1. The summed E-state index contributed by atoms with van der Waals surface area (Å²) in [6.45, 7) is 2.35. The summed E-state index contributed by atoms with van der Waals surface area (Å²) in [6.07, 6.45) is 0.984. The minimum atomic E-state index is -0.386. The molecule has 1 aromatic carbocycles. The number of nitrogens with zero attached hydrogens (tertiary/aromatic N) is 3. The van der Waals surface area contributed by atoms with Crippen molar-refractivity contribution in [3.63, 3.8) is 0 Å². The summed E-state index contributed by atoms with van der Waals surface area (Å²) < 4.78 is 0.839. The highest BCUT2D eigenvalue weighted by atomic mass is 79.9. The maximum Gasteiger partial charge on any atom is 0.231 e. The van der Waals surface area contributed by atoms with Crippen molar-refractivity contribution < 1.29 is 9.59 Å². The van der Waals surface area contributed by atoms with Crippen LogP contribution < -0.4 is 10.2 Å². The van der Waals surface area contributed by atoms with Crippen molar-refractivity contribution in [2.24, 2.45) is 5.92 Å². The van der Waals surface area contributed by atoms with E-state index in [0.29, 0.717) is 11.7 Å². The van der Waals surface area contributed by atoms with Gasteiger partial charge in [0.1, 0.15) is 5.01 Å². The molecule has 120 valence electrons. The average Bonchev–Trinajstić information content (AvgIpc) is 3.14. The Bertz CT molecular complexity index is 749. The molecule has 0 saturated carbocycles. The van der Waals surface area contributed by atoms with Gasteiger partial charge in [-0.15, -0.1) is 10.2 Å². The average molecular weight is 395 g/mol. The smallest absolute Gasteiger partial charge is 0.231 e. The van der Waals surface area contributed by atoms with E-state index in [1.54, 1.807) is 4.90 Å². The topological polar surface area (TPSA) is 75.2 Å². The molecule has 0 aliphatic carbocycles. The first kappa shape index (κ1) is 16.1. The largest absolute Gasteiger partial charge is 0.310 e. The Labute approximate surface area is 146 Å². The molecule has 0 spiro atoms. The molecule has 1 atom stereocenters. The van der Waals surface area contributed by atoms with E-state index in [1.165, 1.54) is 11.3 Å². The van der Waals surface area contributed by atoms with Gasteiger partial charge in [-0.05, 0) is 34.5 Å². The minimum Gasteiger partial charge on any atom is -0.310 e. The monoisotopic (exact) mass is 394 g/mol. The van der Waals surface area contributed by atoms with Gasteiger partial charge in [0.15, 0.2) is 0 Å². The van der Waals surface area contributed by atoms with Gasteiger partial charge < -0.3 is 10.2 Å². The van der Waals surface area contributed by atoms with Crippen molar-refractivity contribution in [2.75, 3.05) is 16.8 Å². The fraction of sp³-hybridized carbons (Fsp3) is 0.333. The molecular formula is C15H15BrN4O2S. The van der Waals surface area contributed by atoms with Crippen LogP contribution in [0.2, 0.25) is 0 Å². The molecule has 1 fully saturated rings. The third-order valence-electron chi connectivity index (χ3n) is 3.64. The van der Waals surface area contributed by atoms with Gasteiger partial charge in [0.25, 0.3) is 0 Å². The Morgan fingerprint density at radius 3 is 2.91 bits per heavy atom. The highest BCUT2D eigenvalue weighted by molar-refractivity contribution is 9.10. The second-order valence-corrected chi connectivity index (χ2v) is 7.12. The van der Waals surface area contributed by atoms with Crippen LogP contribution in [0, 0.1) is 5.92 Å². The SMILES string of the molecule is CCc1nnc(NC(=O)[C@@H]2CC(=O)N(c3ccccc3Br)C2)s1. The van der Waals surface area contributed by atoms with Gasteiger partial charge in [0.2, 0.25) is 16.9 Å². The summed E-state index contributed by atoms with van der Waals surface area (Å²) >= 11 is 4.80. The van der Waals surface area contributed by atoms with Crippen LogP contribution in [0.25, 0.3) is 0 Å². The number of hydrogen-bond donors (Lipinski definition) is 1. The molecule has 3 rings (SSSR count). The molecule has 0 radical (unpaired) electrons. The normalized spacial score (nSPS) is 17.6. The highest BCUT2D eigenvalue weighted by Crippen LogP contribution is 2.31. The van der Waals surface area contributed by atoms with Crippen LogP contribution in [-0.2, 0) is 16.0 Å². The van der Waals surface area contributed by atoms with Crippen molar-refractivity contribution in [2.45, 2.75) is 19.8 Å². The van der Waals surface area contributed by atoms with Crippen molar-refractivity contribution in [3.05, 3.63) is 33.7 Å². The number of para-hydroxylation sites is 1. The number of carbonyl (C=O) groups is 2. The number of amides is 2. The number of halogens is 1. The molecule has 1 aliphatic rings. The van der Waals surface area contributed by atoms with Crippen LogP contribution in [0.5, 0.6) is 0 Å². The van der Waals surface area contributed by atoms with Crippen molar-refractivity contribution in [1.29, 1.82) is 0 Å². The molecule has 1 saturated heterocycles. The Kier molecular flexibility index (Phi) is 4.72. The van der Waals surface area contributed by atoms with Gasteiger partial charge in [-0.2, -0.15) is 0 Å². The fourth-order valence-electron chi connectivity index (χ4n) is 2.44. The third-order valence-corrected chi connectivity index (χ3v) is 5.29. The molecule has 0 bridgehead atoms. The number of benzene rings is 1. The third kappa shape index (κ3) is 3.42. The minimum absolute atomic E-state index is 0.0523. The lowest BCUT2D eigenvalue weighted by Gasteiger charge is -2.18. The summed E-state index contributed by atoms with van der Waals surface area (Å²) in [5.74, 6) is -0.626. The summed E-state index contributed by atoms with van der Waals surface area (Å²) in [6, 6.07) is 7.50. The maximum absolute atomic E-state index is 12.4. The van der Waals surface area contributed by atoms with E-state index in [0.717, 1.165) is 21.6 Å². The summed E-state index contributed by atoms with van der Waals surface area (Å²) in [5, 5.41) is 12.0. The molecule has 1 aliphatic heterocycles. The standard InChI is InChI=1S/C15H15BrN4O2S/c1-2-12-18-19-15(23-12)17-14(22)9-7-13(21)20(8-9)11-6-4-3-5-10(11)16/h3-6,9H,2,7-8H2,1H3,(H,17,19,22)/t9-/m1/s1. The van der Waals surface area contributed by atoms with Crippen LogP contribution in [0.15, 0.2) is 28.7 Å². The summed E-state index contributed by atoms with van der Waals surface area (Å²) in [7, 11) is 0. The number of hydrogen-bond acceptors (Lipinski definition) is 5. The Hall–Kier alpha value is -1.80. The Morgan fingerprint density at radius 1 is 1.43 bits per heavy atom. The summed E-state index contributed by atoms with van der Waals surface area (Å²) in [5.41, 5.74) is 0.789. The van der Waals surface area contributed by atoms with Crippen LogP contribution in [-0.4, -0.2) is 28.6 Å². The van der Waals surface area contributed by atoms with Gasteiger partial charge >= 0.3 is 0 Å². The number of nitrogens with one attached hydrogen (secondary N) is 1. The van der Waals surface area contributed by atoms with E-state index in [4.69, 9.17) is 0 Å². The molecule has 2 heterocycles. The number of carbonyl (C=O) groups excluding carboxylic acids is 2. The van der Waals surface area contributed by atoms with Gasteiger partial charge in [-0.1, -0.05) is 30.4 Å². The van der Waals surface area contributed by atoms with Gasteiger partial charge in [-0.3, -0.25) is 9.59 Å². The van der Waals surface area contributed by atoms with E-state index >= 15 is 0 Å². The van der Waals surface area contributed by atoms with E-state index in [9.17, 15) is 9.59 Å². The predicted molar refractivity (Wildman–Crippen MR) is 92.5 cm³/mol. The first-order valence-electron chi connectivity index (χ1n) is 7.26. The Balaban J connectivity index is 1.69. The second-order valence-electron chi connectivity index (χ2n) is 5.20. The van der Waals surface area contributed by atoms with Crippen LogP contribution >= 0.6 is 27.3 Å². The number of aromatic nitrogens is 2. The zero-order chi connectivity index (χ0) is 16.4. The molecule has 2 aromatic rings. The van der Waals surface area contributed by atoms with Crippen LogP contribution in [0.1, 0.15) is 18.4 Å². The number of anilines is 2. The van der Waals surface area contributed by atoms with E-state index in [2.05, 4.69) is 31.4 Å². The lowest BCUT2D eigenvalue weighted by Crippen LogP contribution is -2.28. The molecule has 2 amide bonds. The molecule has 1 N–H and O–H groups in total. The molecular weight excluding hydrogens is 380 g/mol. The van der Waals surface area contributed by atoms with E-state index in [-0.39, 0.29) is 24.2 Å². The van der Waals surface area contributed by atoms with E-state index < -0.39 is 0 Å². The van der Waals surface area contributed by atoms with Crippen molar-refractivity contribution in [1.82, 2.24) is 10.2 Å². The summed E-state index contributed by atoms with van der Waals surface area (Å²) in [4.78, 5) is 26.2. The quantitative estimate of drug-likeness (QED) is 0.864. The lowest BCUT2D eigenvalue weighted by molar-refractivity contribution is -0.122. The zero-order valence-electron chi connectivity index (χ0n) is 12.5. The Morgan fingerprint density at radius 2 is 2.22 bits per heavy atom. The first-order chi connectivity index (χ1) is 11.1. The van der Waals surface area contributed by atoms with Crippen LogP contribution in [0.4, 0.5) is 10.8 Å². The van der Waals surface area contributed by atoms with Crippen molar-refractivity contribution in [3.8, 4) is 0 Å². The predicted octanol–water partition coefficient (Wildman–Crippen LogP) is 2.85. The van der Waals surface area contributed by atoms with Crippen LogP contribution in [0.3, 0.4) is 0 Å². The molecule has 23 heavy (non-hydrogen) atoms. The zero-order valence-corrected chi connectivity index (χ0v) is 14.9. The molecule has 1 aromatic heterocycles. The van der Waals surface area contributed by atoms with Gasteiger partial charge in [0, 0.05) is 17.4 Å².